The third-order valence-corrected chi connectivity index (χ3v) is 4.07. The summed E-state index contributed by atoms with van der Waals surface area (Å²) in [6, 6.07) is 4.25. The molecule has 1 heterocycles. The van der Waals surface area contributed by atoms with Crippen LogP contribution in [0.1, 0.15) is 37.3 Å². The van der Waals surface area contributed by atoms with E-state index < -0.39 is 11.5 Å². The molecular weight excluding hydrogens is 266 g/mol. The second kappa shape index (κ2) is 5.85. The van der Waals surface area contributed by atoms with E-state index in [0.717, 1.165) is 30.4 Å². The van der Waals surface area contributed by atoms with Crippen molar-refractivity contribution >= 4 is 17.0 Å². The first kappa shape index (κ1) is 15.5. The molecular formula is C16H23N3O2. The molecule has 2 rings (SSSR count). The van der Waals surface area contributed by atoms with E-state index in [1.54, 1.807) is 6.92 Å². The number of aliphatic carboxylic acids is 1. The van der Waals surface area contributed by atoms with Crippen LogP contribution in [0.2, 0.25) is 0 Å². The fraction of sp³-hybridized carbons (Fsp3) is 0.500. The Balaban J connectivity index is 1.98. The SMILES string of the molecule is Cc1cc2ncn(CCCCC(C)(N)C(=O)O)c2cc1C. The predicted octanol–water partition coefficient (Wildman–Crippen LogP) is 2.63. The molecule has 2 aromatic rings. The van der Waals surface area contributed by atoms with Crippen LogP contribution >= 0.6 is 0 Å². The third-order valence-electron chi connectivity index (χ3n) is 4.07. The van der Waals surface area contributed by atoms with Gasteiger partial charge in [0.25, 0.3) is 0 Å². The zero-order valence-electron chi connectivity index (χ0n) is 12.9. The van der Waals surface area contributed by atoms with Gasteiger partial charge in [-0.25, -0.2) is 4.98 Å². The minimum Gasteiger partial charge on any atom is -0.480 e. The summed E-state index contributed by atoms with van der Waals surface area (Å²) in [5, 5.41) is 8.98. The van der Waals surface area contributed by atoms with Crippen LogP contribution in [0.3, 0.4) is 0 Å². The summed E-state index contributed by atoms with van der Waals surface area (Å²) in [5.41, 5.74) is 9.23. The number of imidazole rings is 1. The van der Waals surface area contributed by atoms with Gasteiger partial charge in [0.2, 0.25) is 0 Å². The summed E-state index contributed by atoms with van der Waals surface area (Å²) in [7, 11) is 0. The van der Waals surface area contributed by atoms with Gasteiger partial charge in [-0.3, -0.25) is 4.79 Å². The van der Waals surface area contributed by atoms with Crippen molar-refractivity contribution in [1.82, 2.24) is 9.55 Å². The van der Waals surface area contributed by atoms with Gasteiger partial charge in [0, 0.05) is 6.54 Å². The lowest BCUT2D eigenvalue weighted by Crippen LogP contribution is -2.44. The second-order valence-corrected chi connectivity index (χ2v) is 6.04. The van der Waals surface area contributed by atoms with E-state index in [4.69, 9.17) is 10.8 Å². The van der Waals surface area contributed by atoms with E-state index in [1.807, 2.05) is 6.33 Å². The molecule has 0 amide bonds. The Morgan fingerprint density at radius 3 is 2.67 bits per heavy atom. The van der Waals surface area contributed by atoms with Crippen LogP contribution in [0.5, 0.6) is 0 Å². The molecule has 114 valence electrons. The molecule has 0 radical (unpaired) electrons. The molecule has 1 aromatic heterocycles. The molecule has 0 fully saturated rings. The normalized spacial score (nSPS) is 14.3. The molecule has 5 nitrogen and oxygen atoms in total. The molecule has 0 aliphatic carbocycles. The Bertz CT molecular complexity index is 659. The van der Waals surface area contributed by atoms with Crippen molar-refractivity contribution in [2.24, 2.45) is 5.73 Å². The maximum atomic E-state index is 10.9. The predicted molar refractivity (Wildman–Crippen MR) is 83.3 cm³/mol. The lowest BCUT2D eigenvalue weighted by Gasteiger charge is -2.18. The quantitative estimate of drug-likeness (QED) is 0.801. The molecule has 1 aromatic carbocycles. The van der Waals surface area contributed by atoms with Gasteiger partial charge < -0.3 is 15.4 Å². The summed E-state index contributed by atoms with van der Waals surface area (Å²) < 4.78 is 2.12. The van der Waals surface area contributed by atoms with Crippen molar-refractivity contribution in [2.45, 2.75) is 52.1 Å². The molecule has 0 aliphatic heterocycles. The number of nitrogens with two attached hydrogens (primary N) is 1. The molecule has 0 saturated heterocycles. The summed E-state index contributed by atoms with van der Waals surface area (Å²) in [6.45, 7) is 6.57. The van der Waals surface area contributed by atoms with Crippen LogP contribution in [-0.4, -0.2) is 26.2 Å². The average Bonchev–Trinajstić information content (AvgIpc) is 2.77. The first-order valence-electron chi connectivity index (χ1n) is 7.25. The number of unbranched alkanes of at least 4 members (excludes halogenated alkanes) is 1. The van der Waals surface area contributed by atoms with Crippen molar-refractivity contribution in [3.05, 3.63) is 29.6 Å². The average molecular weight is 289 g/mol. The maximum Gasteiger partial charge on any atom is 0.323 e. The van der Waals surface area contributed by atoms with Crippen molar-refractivity contribution in [3.8, 4) is 0 Å². The Hall–Kier alpha value is -1.88. The Labute approximate surface area is 124 Å². The maximum absolute atomic E-state index is 10.9. The summed E-state index contributed by atoms with van der Waals surface area (Å²) >= 11 is 0. The van der Waals surface area contributed by atoms with Crippen molar-refractivity contribution in [1.29, 1.82) is 0 Å². The molecule has 0 aliphatic rings. The second-order valence-electron chi connectivity index (χ2n) is 6.04. The number of carboxylic acids is 1. The molecule has 1 atom stereocenters. The van der Waals surface area contributed by atoms with Gasteiger partial charge in [-0.1, -0.05) is 0 Å². The molecule has 0 saturated carbocycles. The van der Waals surface area contributed by atoms with Crippen molar-refractivity contribution in [3.63, 3.8) is 0 Å². The van der Waals surface area contributed by atoms with E-state index in [9.17, 15) is 4.79 Å². The lowest BCUT2D eigenvalue weighted by atomic mass is 9.96. The zero-order valence-corrected chi connectivity index (χ0v) is 12.9. The minimum absolute atomic E-state index is 0.479. The smallest absolute Gasteiger partial charge is 0.323 e. The molecule has 1 unspecified atom stereocenters. The van der Waals surface area contributed by atoms with Crippen molar-refractivity contribution in [2.75, 3.05) is 0 Å². The highest BCUT2D eigenvalue weighted by atomic mass is 16.4. The number of fused-ring (bicyclic) bond motifs is 1. The molecule has 21 heavy (non-hydrogen) atoms. The Morgan fingerprint density at radius 1 is 1.33 bits per heavy atom. The van der Waals surface area contributed by atoms with E-state index in [-0.39, 0.29) is 0 Å². The molecule has 0 bridgehead atoms. The zero-order chi connectivity index (χ0) is 15.6. The van der Waals surface area contributed by atoms with Crippen LogP contribution in [0, 0.1) is 13.8 Å². The number of carbonyl (C=O) groups is 1. The standard InChI is InChI=1S/C16H23N3O2/c1-11-8-13-14(9-12(11)2)19(10-18-13)7-5-4-6-16(3,17)15(20)21/h8-10H,4-7,17H2,1-3H3,(H,20,21). The number of carboxylic acid groups (broad SMARTS) is 1. The van der Waals surface area contributed by atoms with Crippen LogP contribution in [-0.2, 0) is 11.3 Å². The number of aromatic nitrogens is 2. The largest absolute Gasteiger partial charge is 0.480 e. The summed E-state index contributed by atoms with van der Waals surface area (Å²) in [6.07, 6.45) is 4.00. The number of hydrogen-bond donors (Lipinski definition) is 2. The monoisotopic (exact) mass is 289 g/mol. The number of hydrogen-bond acceptors (Lipinski definition) is 3. The van der Waals surface area contributed by atoms with Crippen LogP contribution in [0.4, 0.5) is 0 Å². The van der Waals surface area contributed by atoms with Gasteiger partial charge >= 0.3 is 5.97 Å². The van der Waals surface area contributed by atoms with Gasteiger partial charge in [-0.15, -0.1) is 0 Å². The van der Waals surface area contributed by atoms with Crippen LogP contribution in [0.15, 0.2) is 18.5 Å². The van der Waals surface area contributed by atoms with E-state index in [1.165, 1.54) is 11.1 Å². The molecule has 0 spiro atoms. The fourth-order valence-electron chi connectivity index (χ4n) is 2.37. The highest BCUT2D eigenvalue weighted by Gasteiger charge is 2.26. The minimum atomic E-state index is -1.13. The van der Waals surface area contributed by atoms with Crippen LogP contribution < -0.4 is 5.73 Å². The number of aryl methyl sites for hydroxylation is 3. The summed E-state index contributed by atoms with van der Waals surface area (Å²) in [5.74, 6) is -0.943. The Kier molecular flexibility index (Phi) is 4.32. The fourth-order valence-corrected chi connectivity index (χ4v) is 2.37. The molecule has 5 heteroatoms. The van der Waals surface area contributed by atoms with Crippen molar-refractivity contribution < 1.29 is 9.90 Å². The van der Waals surface area contributed by atoms with Gasteiger partial charge in [-0.05, 0) is 63.3 Å². The van der Waals surface area contributed by atoms with Crippen LogP contribution in [0.25, 0.3) is 11.0 Å². The van der Waals surface area contributed by atoms with Gasteiger partial charge in [0.05, 0.1) is 17.4 Å². The number of nitrogens with zero attached hydrogens (tertiary/aromatic N) is 2. The number of benzene rings is 1. The first-order chi connectivity index (χ1) is 9.81. The summed E-state index contributed by atoms with van der Waals surface area (Å²) in [4.78, 5) is 15.4. The lowest BCUT2D eigenvalue weighted by molar-refractivity contribution is -0.142. The Morgan fingerprint density at radius 2 is 2.00 bits per heavy atom. The highest BCUT2D eigenvalue weighted by molar-refractivity contribution is 5.78. The third kappa shape index (κ3) is 3.42. The van der Waals surface area contributed by atoms with Gasteiger partial charge in [0.1, 0.15) is 5.54 Å². The molecule has 3 N–H and O–H groups in total. The van der Waals surface area contributed by atoms with Gasteiger partial charge in [0.15, 0.2) is 0 Å². The van der Waals surface area contributed by atoms with E-state index in [2.05, 4.69) is 35.5 Å². The van der Waals surface area contributed by atoms with E-state index >= 15 is 0 Å². The number of rotatable bonds is 6. The highest BCUT2D eigenvalue weighted by Crippen LogP contribution is 2.19. The first-order valence-corrected chi connectivity index (χ1v) is 7.25. The topological polar surface area (TPSA) is 81.1 Å². The van der Waals surface area contributed by atoms with Gasteiger partial charge in [-0.2, -0.15) is 0 Å². The van der Waals surface area contributed by atoms with E-state index in [0.29, 0.717) is 6.42 Å².